The standard InChI is InChI=1S/C27H44O6/c1-3-5-6-7-8-9-10-14-20-31-25(29)22-16-15-19-27(21-22,33-24(28)4-2)26(30)32-23-17-12-11-13-18-23/h4,22-23H,2-3,5-21H2,1H3. The summed E-state index contributed by atoms with van der Waals surface area (Å²) in [4.78, 5) is 37.9. The van der Waals surface area contributed by atoms with Gasteiger partial charge in [0, 0.05) is 12.5 Å². The van der Waals surface area contributed by atoms with Crippen LogP contribution >= 0.6 is 0 Å². The lowest BCUT2D eigenvalue weighted by molar-refractivity contribution is -0.192. The molecule has 0 heterocycles. The number of ether oxygens (including phenoxy) is 3. The molecule has 2 aliphatic carbocycles. The van der Waals surface area contributed by atoms with Gasteiger partial charge in [-0.15, -0.1) is 0 Å². The van der Waals surface area contributed by atoms with Crippen LogP contribution in [-0.4, -0.2) is 36.2 Å². The molecule has 0 aliphatic heterocycles. The smallest absolute Gasteiger partial charge is 0.350 e. The molecule has 33 heavy (non-hydrogen) atoms. The highest BCUT2D eigenvalue weighted by molar-refractivity contribution is 5.88. The molecule has 0 radical (unpaired) electrons. The number of carbonyl (C=O) groups is 3. The molecule has 0 bridgehead atoms. The molecular formula is C27H44O6. The molecule has 0 aromatic rings. The van der Waals surface area contributed by atoms with Gasteiger partial charge in [-0.05, 0) is 51.4 Å². The van der Waals surface area contributed by atoms with Crippen LogP contribution in [0.25, 0.3) is 0 Å². The van der Waals surface area contributed by atoms with Gasteiger partial charge in [0.2, 0.25) is 5.60 Å². The third kappa shape index (κ3) is 9.50. The van der Waals surface area contributed by atoms with Gasteiger partial charge in [-0.3, -0.25) is 4.79 Å². The van der Waals surface area contributed by atoms with Crippen LogP contribution in [0.1, 0.15) is 116 Å². The number of esters is 3. The third-order valence-electron chi connectivity index (χ3n) is 6.95. The van der Waals surface area contributed by atoms with Crippen molar-refractivity contribution in [2.75, 3.05) is 6.61 Å². The minimum Gasteiger partial charge on any atom is -0.465 e. The fourth-order valence-corrected chi connectivity index (χ4v) is 4.96. The van der Waals surface area contributed by atoms with E-state index >= 15 is 0 Å². The van der Waals surface area contributed by atoms with Crippen LogP contribution in [0.3, 0.4) is 0 Å². The van der Waals surface area contributed by atoms with E-state index in [1.54, 1.807) is 0 Å². The molecule has 188 valence electrons. The van der Waals surface area contributed by atoms with Gasteiger partial charge in [0.05, 0.1) is 12.5 Å². The second-order valence-electron chi connectivity index (χ2n) is 9.72. The topological polar surface area (TPSA) is 78.9 Å². The van der Waals surface area contributed by atoms with E-state index in [2.05, 4.69) is 13.5 Å². The van der Waals surface area contributed by atoms with E-state index in [1.165, 1.54) is 32.1 Å². The maximum absolute atomic E-state index is 13.1. The maximum Gasteiger partial charge on any atom is 0.350 e. The zero-order chi connectivity index (χ0) is 23.9. The summed E-state index contributed by atoms with van der Waals surface area (Å²) in [6.07, 6.45) is 16.9. The van der Waals surface area contributed by atoms with Gasteiger partial charge in [-0.1, -0.05) is 64.9 Å². The Balaban J connectivity index is 1.83. The molecule has 2 saturated carbocycles. The number of hydrogen-bond donors (Lipinski definition) is 0. The van der Waals surface area contributed by atoms with Crippen molar-refractivity contribution in [3.8, 4) is 0 Å². The summed E-state index contributed by atoms with van der Waals surface area (Å²) in [7, 11) is 0. The lowest BCUT2D eigenvalue weighted by atomic mass is 9.77. The van der Waals surface area contributed by atoms with Crippen LogP contribution in [-0.2, 0) is 28.6 Å². The quantitative estimate of drug-likeness (QED) is 0.132. The van der Waals surface area contributed by atoms with Crippen molar-refractivity contribution in [2.24, 2.45) is 5.92 Å². The van der Waals surface area contributed by atoms with Gasteiger partial charge in [-0.2, -0.15) is 0 Å². The van der Waals surface area contributed by atoms with Crippen molar-refractivity contribution >= 4 is 17.9 Å². The number of rotatable bonds is 14. The van der Waals surface area contributed by atoms with Gasteiger partial charge in [-0.25, -0.2) is 9.59 Å². The minimum absolute atomic E-state index is 0.119. The fourth-order valence-electron chi connectivity index (χ4n) is 4.96. The summed E-state index contributed by atoms with van der Waals surface area (Å²) in [5, 5.41) is 0. The molecule has 2 atom stereocenters. The second kappa shape index (κ2) is 15.1. The zero-order valence-electron chi connectivity index (χ0n) is 20.6. The van der Waals surface area contributed by atoms with E-state index in [0.717, 1.165) is 57.4 Å². The van der Waals surface area contributed by atoms with E-state index in [4.69, 9.17) is 14.2 Å². The lowest BCUT2D eigenvalue weighted by Crippen LogP contribution is -2.50. The monoisotopic (exact) mass is 464 g/mol. The summed E-state index contributed by atoms with van der Waals surface area (Å²) in [6.45, 7) is 6.07. The molecule has 0 spiro atoms. The van der Waals surface area contributed by atoms with Crippen molar-refractivity contribution in [1.29, 1.82) is 0 Å². The molecule has 0 saturated heterocycles. The molecule has 2 unspecified atom stereocenters. The minimum atomic E-state index is -1.43. The maximum atomic E-state index is 13.1. The molecular weight excluding hydrogens is 420 g/mol. The van der Waals surface area contributed by atoms with E-state index in [1.807, 2.05) is 0 Å². The summed E-state index contributed by atoms with van der Waals surface area (Å²) in [5.74, 6) is -1.96. The van der Waals surface area contributed by atoms with Crippen molar-refractivity contribution in [3.05, 3.63) is 12.7 Å². The predicted octanol–water partition coefficient (Wildman–Crippen LogP) is 6.20. The van der Waals surface area contributed by atoms with Crippen molar-refractivity contribution in [2.45, 2.75) is 128 Å². The first kappa shape index (κ1) is 27.4. The SMILES string of the molecule is C=CC(=O)OC1(C(=O)OC2CCCCC2)CCCC(C(=O)OCCCCCCCCCC)C1. The highest BCUT2D eigenvalue weighted by atomic mass is 16.6. The number of unbranched alkanes of at least 4 members (excludes halogenated alkanes) is 7. The summed E-state index contributed by atoms with van der Waals surface area (Å²) in [5.41, 5.74) is -1.43. The van der Waals surface area contributed by atoms with Gasteiger partial charge in [0.1, 0.15) is 6.10 Å². The summed E-state index contributed by atoms with van der Waals surface area (Å²) >= 11 is 0. The van der Waals surface area contributed by atoms with Crippen LogP contribution < -0.4 is 0 Å². The molecule has 0 aromatic carbocycles. The molecule has 0 aromatic heterocycles. The highest BCUT2D eigenvalue weighted by Gasteiger charge is 2.50. The first-order valence-corrected chi connectivity index (χ1v) is 13.2. The van der Waals surface area contributed by atoms with Crippen LogP contribution in [0.4, 0.5) is 0 Å². The molecule has 0 amide bonds. The average Bonchev–Trinajstić information content (AvgIpc) is 2.83. The molecule has 0 N–H and O–H groups in total. The van der Waals surface area contributed by atoms with E-state index in [0.29, 0.717) is 25.9 Å². The third-order valence-corrected chi connectivity index (χ3v) is 6.95. The zero-order valence-corrected chi connectivity index (χ0v) is 20.6. The van der Waals surface area contributed by atoms with Crippen molar-refractivity contribution in [1.82, 2.24) is 0 Å². The van der Waals surface area contributed by atoms with Crippen LogP contribution in [0.2, 0.25) is 0 Å². The largest absolute Gasteiger partial charge is 0.465 e. The van der Waals surface area contributed by atoms with Crippen LogP contribution in [0.5, 0.6) is 0 Å². The van der Waals surface area contributed by atoms with Crippen molar-refractivity contribution in [3.63, 3.8) is 0 Å². The first-order valence-electron chi connectivity index (χ1n) is 13.2. The Kier molecular flexibility index (Phi) is 12.6. The summed E-state index contributed by atoms with van der Waals surface area (Å²) in [6, 6.07) is 0. The van der Waals surface area contributed by atoms with Gasteiger partial charge in [0.25, 0.3) is 0 Å². The van der Waals surface area contributed by atoms with E-state index < -0.39 is 23.5 Å². The van der Waals surface area contributed by atoms with E-state index in [-0.39, 0.29) is 18.5 Å². The number of hydrogen-bond acceptors (Lipinski definition) is 6. The Morgan fingerprint density at radius 3 is 2.24 bits per heavy atom. The van der Waals surface area contributed by atoms with Gasteiger partial charge in [0.15, 0.2) is 0 Å². The fraction of sp³-hybridized carbons (Fsp3) is 0.815. The molecule has 6 nitrogen and oxygen atoms in total. The van der Waals surface area contributed by atoms with Crippen LogP contribution in [0, 0.1) is 5.92 Å². The molecule has 6 heteroatoms. The average molecular weight is 465 g/mol. The van der Waals surface area contributed by atoms with Gasteiger partial charge < -0.3 is 14.2 Å². The molecule has 2 aliphatic rings. The van der Waals surface area contributed by atoms with Gasteiger partial charge >= 0.3 is 17.9 Å². The number of carbonyl (C=O) groups excluding carboxylic acids is 3. The Bertz CT molecular complexity index is 624. The Hall–Kier alpha value is -1.85. The van der Waals surface area contributed by atoms with Crippen LogP contribution in [0.15, 0.2) is 12.7 Å². The van der Waals surface area contributed by atoms with Crippen molar-refractivity contribution < 1.29 is 28.6 Å². The highest BCUT2D eigenvalue weighted by Crippen LogP contribution is 2.38. The Labute approximate surface area is 199 Å². The summed E-state index contributed by atoms with van der Waals surface area (Å²) < 4.78 is 16.9. The first-order chi connectivity index (χ1) is 16.0. The lowest BCUT2D eigenvalue weighted by Gasteiger charge is -2.38. The molecule has 2 fully saturated rings. The Morgan fingerprint density at radius 1 is 0.909 bits per heavy atom. The molecule has 2 rings (SSSR count). The van der Waals surface area contributed by atoms with E-state index in [9.17, 15) is 14.4 Å². The normalized spacial score (nSPS) is 23.5. The predicted molar refractivity (Wildman–Crippen MR) is 128 cm³/mol. The Morgan fingerprint density at radius 2 is 1.58 bits per heavy atom. The second-order valence-corrected chi connectivity index (χ2v) is 9.72.